The summed E-state index contributed by atoms with van der Waals surface area (Å²) in [6, 6.07) is 0. The second-order valence-electron chi connectivity index (χ2n) is 1.37. The smallest absolute Gasteiger partial charge is 0.307 e. The zero-order valence-electron chi connectivity index (χ0n) is 5.40. The van der Waals surface area contributed by atoms with Crippen molar-refractivity contribution in [3.8, 4) is 0 Å². The topological polar surface area (TPSA) is 72.8 Å². The monoisotopic (exact) mass is 168 g/mol. The predicted octanol–water partition coefficient (Wildman–Crippen LogP) is -0.297. The molecule has 0 aliphatic carbocycles. The summed E-state index contributed by atoms with van der Waals surface area (Å²) in [5.74, 6) is -0.467. The van der Waals surface area contributed by atoms with E-state index < -0.39 is 17.3 Å². The van der Waals surface area contributed by atoms with Crippen molar-refractivity contribution in [1.82, 2.24) is 0 Å². The van der Waals surface area contributed by atoms with Gasteiger partial charge in [0.15, 0.2) is 0 Å². The zero-order valence-corrected chi connectivity index (χ0v) is 6.22. The van der Waals surface area contributed by atoms with Crippen LogP contribution in [0.1, 0.15) is 6.42 Å². The SMILES string of the molecule is COC(=O)CCOS(=O)O. The van der Waals surface area contributed by atoms with Crippen molar-refractivity contribution in [1.29, 1.82) is 0 Å². The van der Waals surface area contributed by atoms with Gasteiger partial charge in [-0.3, -0.25) is 13.5 Å². The highest BCUT2D eigenvalue weighted by Crippen LogP contribution is 1.87. The normalized spacial score (nSPS) is 12.6. The first kappa shape index (κ1) is 9.54. The Morgan fingerprint density at radius 1 is 1.70 bits per heavy atom. The molecule has 0 saturated carbocycles. The van der Waals surface area contributed by atoms with E-state index in [4.69, 9.17) is 4.55 Å². The molecule has 6 heteroatoms. The molecule has 1 atom stereocenters. The van der Waals surface area contributed by atoms with Gasteiger partial charge in [0.25, 0.3) is 0 Å². The maximum absolute atomic E-state index is 10.3. The van der Waals surface area contributed by atoms with Gasteiger partial charge >= 0.3 is 17.3 Å². The van der Waals surface area contributed by atoms with Crippen molar-refractivity contribution < 1.29 is 22.5 Å². The van der Waals surface area contributed by atoms with Crippen LogP contribution in [0, 0.1) is 0 Å². The van der Waals surface area contributed by atoms with Crippen LogP contribution in [0.25, 0.3) is 0 Å². The van der Waals surface area contributed by atoms with Gasteiger partial charge in [-0.25, -0.2) is 0 Å². The molecule has 0 fully saturated rings. The minimum atomic E-state index is -2.29. The van der Waals surface area contributed by atoms with E-state index in [1.54, 1.807) is 0 Å². The highest BCUT2D eigenvalue weighted by molar-refractivity contribution is 7.74. The van der Waals surface area contributed by atoms with E-state index >= 15 is 0 Å². The van der Waals surface area contributed by atoms with Gasteiger partial charge in [-0.1, -0.05) is 0 Å². The minimum Gasteiger partial charge on any atom is -0.469 e. The number of ether oxygens (including phenoxy) is 1. The highest BCUT2D eigenvalue weighted by atomic mass is 32.2. The molecule has 60 valence electrons. The molecular formula is C4H8O5S. The Kier molecular flexibility index (Phi) is 5.09. The summed E-state index contributed by atoms with van der Waals surface area (Å²) in [5.41, 5.74) is 0. The van der Waals surface area contributed by atoms with Crippen LogP contribution in [0.5, 0.6) is 0 Å². The van der Waals surface area contributed by atoms with Crippen molar-refractivity contribution in [2.45, 2.75) is 6.42 Å². The van der Waals surface area contributed by atoms with E-state index in [9.17, 15) is 9.00 Å². The van der Waals surface area contributed by atoms with Gasteiger partial charge in [0.05, 0.1) is 20.1 Å². The molecule has 0 heterocycles. The number of rotatable bonds is 4. The van der Waals surface area contributed by atoms with Crippen molar-refractivity contribution in [3.05, 3.63) is 0 Å². The Labute approximate surface area is 60.8 Å². The average Bonchev–Trinajstić information content (AvgIpc) is 1.87. The molecule has 10 heavy (non-hydrogen) atoms. The number of carbonyl (C=O) groups is 1. The highest BCUT2D eigenvalue weighted by Gasteiger charge is 2.00. The number of carbonyl (C=O) groups excluding carboxylic acids is 1. The van der Waals surface area contributed by atoms with E-state index in [0.717, 1.165) is 0 Å². The van der Waals surface area contributed by atoms with Crippen LogP contribution in [0.4, 0.5) is 0 Å². The lowest BCUT2D eigenvalue weighted by molar-refractivity contribution is -0.141. The Morgan fingerprint density at radius 3 is 2.70 bits per heavy atom. The first-order valence-corrected chi connectivity index (χ1v) is 3.51. The molecule has 0 aromatic rings. The molecule has 0 saturated heterocycles. The number of esters is 1. The second-order valence-corrected chi connectivity index (χ2v) is 2.04. The van der Waals surface area contributed by atoms with Crippen molar-refractivity contribution in [2.24, 2.45) is 0 Å². The lowest BCUT2D eigenvalue weighted by Gasteiger charge is -1.96. The molecular weight excluding hydrogens is 160 g/mol. The van der Waals surface area contributed by atoms with Gasteiger partial charge in [0.1, 0.15) is 0 Å². The summed E-state index contributed by atoms with van der Waals surface area (Å²) in [6.07, 6.45) is -0.0111. The van der Waals surface area contributed by atoms with Crippen LogP contribution in [-0.2, 0) is 25.1 Å². The second kappa shape index (κ2) is 5.33. The fourth-order valence-corrected chi connectivity index (χ4v) is 0.524. The maximum atomic E-state index is 10.3. The predicted molar refractivity (Wildman–Crippen MR) is 33.4 cm³/mol. The van der Waals surface area contributed by atoms with Gasteiger partial charge in [0.2, 0.25) is 0 Å². The molecule has 5 nitrogen and oxygen atoms in total. The van der Waals surface area contributed by atoms with Crippen LogP contribution >= 0.6 is 0 Å². The van der Waals surface area contributed by atoms with Crippen LogP contribution in [0.15, 0.2) is 0 Å². The van der Waals surface area contributed by atoms with E-state index in [2.05, 4.69) is 8.92 Å². The molecule has 0 radical (unpaired) electrons. The van der Waals surface area contributed by atoms with Crippen LogP contribution in [-0.4, -0.2) is 28.4 Å². The van der Waals surface area contributed by atoms with Gasteiger partial charge < -0.3 is 4.74 Å². The first-order valence-electron chi connectivity index (χ1n) is 2.47. The first-order chi connectivity index (χ1) is 4.66. The summed E-state index contributed by atoms with van der Waals surface area (Å²) in [5, 5.41) is 0. The Hall–Kier alpha value is -0.460. The van der Waals surface area contributed by atoms with Crippen molar-refractivity contribution >= 4 is 17.3 Å². The van der Waals surface area contributed by atoms with Crippen molar-refractivity contribution in [2.75, 3.05) is 13.7 Å². The maximum Gasteiger partial charge on any atom is 0.307 e. The van der Waals surface area contributed by atoms with Crippen LogP contribution in [0.3, 0.4) is 0 Å². The standard InChI is InChI=1S/C4H8O5S/c1-8-4(5)2-3-9-10(6)7/h2-3H2,1H3,(H,6,7). The summed E-state index contributed by atoms with van der Waals surface area (Å²) >= 11 is -2.29. The lowest BCUT2D eigenvalue weighted by Crippen LogP contribution is -2.06. The van der Waals surface area contributed by atoms with E-state index in [1.165, 1.54) is 7.11 Å². The minimum absolute atomic E-state index is 0.0111. The number of methoxy groups -OCH3 is 1. The number of hydrogen-bond acceptors (Lipinski definition) is 4. The van der Waals surface area contributed by atoms with Gasteiger partial charge in [0, 0.05) is 0 Å². The molecule has 0 rings (SSSR count). The molecule has 0 amide bonds. The third-order valence-corrected chi connectivity index (χ3v) is 1.09. The van der Waals surface area contributed by atoms with E-state index in [0.29, 0.717) is 0 Å². The Bertz CT molecular complexity index is 134. The number of hydrogen-bond donors (Lipinski definition) is 1. The quantitative estimate of drug-likeness (QED) is 0.461. The largest absolute Gasteiger partial charge is 0.469 e. The lowest BCUT2D eigenvalue weighted by atomic mass is 10.5. The summed E-state index contributed by atoms with van der Waals surface area (Å²) in [4.78, 5) is 10.3. The molecule has 0 aromatic heterocycles. The molecule has 0 spiro atoms. The summed E-state index contributed by atoms with van der Waals surface area (Å²) < 4.78 is 26.2. The molecule has 0 aromatic carbocycles. The van der Waals surface area contributed by atoms with Gasteiger partial charge in [-0.2, -0.15) is 4.21 Å². The van der Waals surface area contributed by atoms with E-state index in [-0.39, 0.29) is 13.0 Å². The fraction of sp³-hybridized carbons (Fsp3) is 0.750. The molecule has 0 aliphatic rings. The molecule has 0 bridgehead atoms. The molecule has 1 N–H and O–H groups in total. The van der Waals surface area contributed by atoms with E-state index in [1.807, 2.05) is 0 Å². The zero-order chi connectivity index (χ0) is 7.98. The Balaban J connectivity index is 3.20. The molecule has 1 unspecified atom stereocenters. The fourth-order valence-electron chi connectivity index (χ4n) is 0.298. The van der Waals surface area contributed by atoms with Crippen molar-refractivity contribution in [3.63, 3.8) is 0 Å². The molecule has 0 aliphatic heterocycles. The van der Waals surface area contributed by atoms with Crippen LogP contribution < -0.4 is 0 Å². The Morgan fingerprint density at radius 2 is 2.30 bits per heavy atom. The van der Waals surface area contributed by atoms with Gasteiger partial charge in [-0.05, 0) is 0 Å². The average molecular weight is 168 g/mol. The third-order valence-electron chi connectivity index (χ3n) is 0.718. The van der Waals surface area contributed by atoms with Gasteiger partial charge in [-0.15, -0.1) is 0 Å². The van der Waals surface area contributed by atoms with Crippen LogP contribution in [0.2, 0.25) is 0 Å². The third kappa shape index (κ3) is 5.67. The summed E-state index contributed by atoms with van der Waals surface area (Å²) in [7, 11) is 1.23. The summed E-state index contributed by atoms with van der Waals surface area (Å²) in [6.45, 7) is -0.101.